The predicted molar refractivity (Wildman–Crippen MR) is 57.1 cm³/mol. The number of carboxylic acid groups (broad SMARTS) is 1. The molecule has 0 aliphatic rings. The number of rotatable bonds is 2. The molecule has 78 valence electrons. The van der Waals surface area contributed by atoms with Crippen molar-refractivity contribution in [2.45, 2.75) is 19.9 Å². The highest BCUT2D eigenvalue weighted by Crippen LogP contribution is 2.19. The molecule has 0 bridgehead atoms. The molecule has 1 N–H and O–H groups in total. The molecule has 1 aromatic carbocycles. The Kier molecular flexibility index (Phi) is 2.19. The lowest BCUT2D eigenvalue weighted by Gasteiger charge is -2.07. The molecule has 1 heterocycles. The van der Waals surface area contributed by atoms with Crippen LogP contribution in [0.15, 0.2) is 24.4 Å². The molecule has 2 rings (SSSR count). The molecule has 0 spiro atoms. The Hall–Kier alpha value is -1.84. The minimum Gasteiger partial charge on any atom is -0.478 e. The zero-order chi connectivity index (χ0) is 11.0. The molecule has 0 saturated heterocycles. The van der Waals surface area contributed by atoms with Crippen molar-refractivity contribution in [2.24, 2.45) is 0 Å². The van der Waals surface area contributed by atoms with Crippen LogP contribution in [0.4, 0.5) is 0 Å². The molecule has 4 nitrogen and oxygen atoms in total. The Balaban J connectivity index is 2.66. The monoisotopic (exact) mass is 204 g/mol. The topological polar surface area (TPSA) is 55.1 Å². The van der Waals surface area contributed by atoms with Gasteiger partial charge < -0.3 is 5.11 Å². The van der Waals surface area contributed by atoms with Gasteiger partial charge in [-0.3, -0.25) is 4.68 Å². The summed E-state index contributed by atoms with van der Waals surface area (Å²) in [5.74, 6) is -0.909. The quantitative estimate of drug-likeness (QED) is 0.816. The Morgan fingerprint density at radius 2 is 2.20 bits per heavy atom. The fourth-order valence-electron chi connectivity index (χ4n) is 1.58. The molecule has 0 atom stereocenters. The third-order valence-corrected chi connectivity index (χ3v) is 2.33. The van der Waals surface area contributed by atoms with E-state index in [1.807, 2.05) is 18.5 Å². The first kappa shape index (κ1) is 9.71. The first-order valence-electron chi connectivity index (χ1n) is 4.80. The Labute approximate surface area is 87.1 Å². The van der Waals surface area contributed by atoms with Crippen LogP contribution in [-0.4, -0.2) is 20.9 Å². The first-order chi connectivity index (χ1) is 7.09. The van der Waals surface area contributed by atoms with E-state index >= 15 is 0 Å². The number of hydrogen-bond donors (Lipinski definition) is 1. The summed E-state index contributed by atoms with van der Waals surface area (Å²) in [7, 11) is 0. The van der Waals surface area contributed by atoms with E-state index in [0.717, 1.165) is 10.9 Å². The summed E-state index contributed by atoms with van der Waals surface area (Å²) in [6, 6.07) is 5.26. The van der Waals surface area contributed by atoms with E-state index in [2.05, 4.69) is 5.10 Å². The summed E-state index contributed by atoms with van der Waals surface area (Å²) < 4.78 is 1.82. The van der Waals surface area contributed by atoms with Crippen LogP contribution in [-0.2, 0) is 0 Å². The molecule has 0 radical (unpaired) electrons. The molecular formula is C11H12N2O2. The maximum atomic E-state index is 10.8. The van der Waals surface area contributed by atoms with Crippen LogP contribution in [0.1, 0.15) is 30.2 Å². The fraction of sp³-hybridized carbons (Fsp3) is 0.273. The second-order valence-corrected chi connectivity index (χ2v) is 3.76. The van der Waals surface area contributed by atoms with Crippen molar-refractivity contribution < 1.29 is 9.90 Å². The van der Waals surface area contributed by atoms with Crippen molar-refractivity contribution >= 4 is 16.9 Å². The molecule has 0 fully saturated rings. The van der Waals surface area contributed by atoms with Crippen molar-refractivity contribution in [2.75, 3.05) is 0 Å². The smallest absolute Gasteiger partial charge is 0.335 e. The number of nitrogens with zero attached hydrogens (tertiary/aromatic N) is 2. The maximum absolute atomic E-state index is 10.8. The van der Waals surface area contributed by atoms with E-state index in [9.17, 15) is 4.79 Å². The van der Waals surface area contributed by atoms with Crippen molar-refractivity contribution in [3.05, 3.63) is 30.0 Å². The molecule has 0 unspecified atom stereocenters. The van der Waals surface area contributed by atoms with Crippen LogP contribution in [0.25, 0.3) is 10.9 Å². The van der Waals surface area contributed by atoms with Crippen LogP contribution in [0.5, 0.6) is 0 Å². The summed E-state index contributed by atoms with van der Waals surface area (Å²) >= 11 is 0. The standard InChI is InChI=1S/C11H12N2O2/c1-7(2)13-10-5-8(11(14)15)3-4-9(10)6-12-13/h3-7H,1-2H3,(H,14,15). The van der Waals surface area contributed by atoms with E-state index in [4.69, 9.17) is 5.11 Å². The number of hydrogen-bond acceptors (Lipinski definition) is 2. The van der Waals surface area contributed by atoms with Gasteiger partial charge in [-0.05, 0) is 26.0 Å². The Morgan fingerprint density at radius 1 is 1.47 bits per heavy atom. The van der Waals surface area contributed by atoms with Crippen LogP contribution in [0.3, 0.4) is 0 Å². The van der Waals surface area contributed by atoms with Gasteiger partial charge in [-0.25, -0.2) is 4.79 Å². The lowest BCUT2D eigenvalue weighted by atomic mass is 10.1. The second kappa shape index (κ2) is 3.38. The lowest BCUT2D eigenvalue weighted by Crippen LogP contribution is -2.03. The number of carbonyl (C=O) groups is 1. The molecule has 0 amide bonds. The summed E-state index contributed by atoms with van der Waals surface area (Å²) in [6.45, 7) is 4.03. The highest BCUT2D eigenvalue weighted by Gasteiger charge is 2.09. The van der Waals surface area contributed by atoms with Gasteiger partial charge in [0.25, 0.3) is 0 Å². The highest BCUT2D eigenvalue weighted by atomic mass is 16.4. The normalized spacial score (nSPS) is 11.1. The van der Waals surface area contributed by atoms with Crippen molar-refractivity contribution in [3.63, 3.8) is 0 Å². The lowest BCUT2D eigenvalue weighted by molar-refractivity contribution is 0.0697. The van der Waals surface area contributed by atoms with Gasteiger partial charge in [-0.2, -0.15) is 5.10 Å². The van der Waals surface area contributed by atoms with Crippen LogP contribution in [0.2, 0.25) is 0 Å². The molecule has 15 heavy (non-hydrogen) atoms. The molecule has 4 heteroatoms. The number of aromatic nitrogens is 2. The van der Waals surface area contributed by atoms with Gasteiger partial charge in [0.05, 0.1) is 17.3 Å². The predicted octanol–water partition coefficient (Wildman–Crippen LogP) is 2.32. The highest BCUT2D eigenvalue weighted by molar-refractivity contribution is 5.93. The summed E-state index contributed by atoms with van der Waals surface area (Å²) in [5, 5.41) is 14.1. The molecule has 0 aliphatic carbocycles. The average Bonchev–Trinajstić information content (AvgIpc) is 2.59. The summed E-state index contributed by atoms with van der Waals surface area (Å²) in [4.78, 5) is 10.8. The van der Waals surface area contributed by atoms with E-state index in [-0.39, 0.29) is 6.04 Å². The molecule has 0 aliphatic heterocycles. The minimum atomic E-state index is -0.909. The van der Waals surface area contributed by atoms with Crippen LogP contribution >= 0.6 is 0 Å². The first-order valence-corrected chi connectivity index (χ1v) is 4.80. The molecule has 0 saturated carbocycles. The van der Waals surface area contributed by atoms with Crippen molar-refractivity contribution in [1.82, 2.24) is 9.78 Å². The zero-order valence-electron chi connectivity index (χ0n) is 8.64. The van der Waals surface area contributed by atoms with Gasteiger partial charge in [0.2, 0.25) is 0 Å². The summed E-state index contributed by atoms with van der Waals surface area (Å²) in [5.41, 5.74) is 1.16. The van der Waals surface area contributed by atoms with Gasteiger partial charge in [0.1, 0.15) is 0 Å². The average molecular weight is 204 g/mol. The van der Waals surface area contributed by atoms with E-state index in [1.54, 1.807) is 24.4 Å². The third kappa shape index (κ3) is 1.58. The van der Waals surface area contributed by atoms with Gasteiger partial charge in [-0.1, -0.05) is 6.07 Å². The molecule has 1 aromatic heterocycles. The second-order valence-electron chi connectivity index (χ2n) is 3.76. The van der Waals surface area contributed by atoms with Crippen LogP contribution in [0, 0.1) is 0 Å². The van der Waals surface area contributed by atoms with Gasteiger partial charge in [-0.15, -0.1) is 0 Å². The zero-order valence-corrected chi connectivity index (χ0v) is 8.64. The number of aromatic carboxylic acids is 1. The number of fused-ring (bicyclic) bond motifs is 1. The number of carboxylic acids is 1. The van der Waals surface area contributed by atoms with Gasteiger partial charge in [0, 0.05) is 11.4 Å². The van der Waals surface area contributed by atoms with E-state index in [1.165, 1.54) is 0 Å². The van der Waals surface area contributed by atoms with Gasteiger partial charge >= 0.3 is 5.97 Å². The van der Waals surface area contributed by atoms with E-state index < -0.39 is 5.97 Å². The fourth-order valence-corrected chi connectivity index (χ4v) is 1.58. The molecule has 2 aromatic rings. The Morgan fingerprint density at radius 3 is 2.80 bits per heavy atom. The molecular weight excluding hydrogens is 192 g/mol. The van der Waals surface area contributed by atoms with Crippen LogP contribution < -0.4 is 0 Å². The van der Waals surface area contributed by atoms with E-state index in [0.29, 0.717) is 5.56 Å². The summed E-state index contributed by atoms with van der Waals surface area (Å²) in [6.07, 6.45) is 1.75. The van der Waals surface area contributed by atoms with Crippen molar-refractivity contribution in [3.8, 4) is 0 Å². The Bertz CT molecular complexity index is 514. The SMILES string of the molecule is CC(C)n1ncc2ccc(C(=O)O)cc21. The third-order valence-electron chi connectivity index (χ3n) is 2.33. The number of benzene rings is 1. The van der Waals surface area contributed by atoms with Gasteiger partial charge in [0.15, 0.2) is 0 Å². The largest absolute Gasteiger partial charge is 0.478 e. The maximum Gasteiger partial charge on any atom is 0.335 e. The minimum absolute atomic E-state index is 0.228. The van der Waals surface area contributed by atoms with Crippen molar-refractivity contribution in [1.29, 1.82) is 0 Å².